The summed E-state index contributed by atoms with van der Waals surface area (Å²) in [6, 6.07) is 0. The number of hydrogen-bond acceptors (Lipinski definition) is 6. The van der Waals surface area contributed by atoms with Crippen molar-refractivity contribution in [1.29, 1.82) is 0 Å². The first-order chi connectivity index (χ1) is 5.57. The van der Waals surface area contributed by atoms with Crippen LogP contribution in [-0.4, -0.2) is 40.1 Å². The Balaban J connectivity index is 0. The number of hydrogen-bond donors (Lipinski definition) is 4. The van der Waals surface area contributed by atoms with Crippen LogP contribution >= 0.6 is 0 Å². The second-order valence-electron chi connectivity index (χ2n) is 2.29. The zero-order valence-corrected chi connectivity index (χ0v) is 11.0. The number of esters is 1. The molecule has 1 aliphatic heterocycles. The Bertz CT molecular complexity index is 242. The Morgan fingerprint density at radius 3 is 2.36 bits per heavy atom. The van der Waals surface area contributed by atoms with E-state index in [1.165, 1.54) is 0 Å². The van der Waals surface area contributed by atoms with Crippen molar-refractivity contribution >= 4 is 5.97 Å². The Morgan fingerprint density at radius 1 is 1.57 bits per heavy atom. The van der Waals surface area contributed by atoms with E-state index in [-0.39, 0.29) is 32.0 Å². The number of quaternary nitrogens is 1. The van der Waals surface area contributed by atoms with Crippen molar-refractivity contribution in [3.63, 3.8) is 0 Å². The van der Waals surface area contributed by atoms with Gasteiger partial charge in [-0.3, -0.25) is 0 Å². The van der Waals surface area contributed by atoms with Crippen LogP contribution in [0.2, 0.25) is 0 Å². The Morgan fingerprint density at radius 2 is 2.07 bits per heavy atom. The van der Waals surface area contributed by atoms with Gasteiger partial charge in [-0.25, -0.2) is 4.79 Å². The molecule has 0 saturated heterocycles. The van der Waals surface area contributed by atoms with Gasteiger partial charge in [0.1, 0.15) is 11.9 Å². The van der Waals surface area contributed by atoms with Crippen molar-refractivity contribution in [3.8, 4) is 0 Å². The number of aliphatic hydroxyl groups is 3. The average molecular weight is 372 g/mol. The summed E-state index contributed by atoms with van der Waals surface area (Å²) in [5, 5.41) is 36.8. The molecule has 0 saturated carbocycles. The van der Waals surface area contributed by atoms with Gasteiger partial charge in [0, 0.05) is 31.6 Å². The van der Waals surface area contributed by atoms with E-state index in [2.05, 4.69) is 4.74 Å². The van der Waals surface area contributed by atoms with Crippen LogP contribution in [0.1, 0.15) is 0 Å². The summed E-state index contributed by atoms with van der Waals surface area (Å²) in [4.78, 5) is 10.5. The fourth-order valence-corrected chi connectivity index (χ4v) is 0.815. The molecule has 7 nitrogen and oxygen atoms in total. The molecule has 2 atom stereocenters. The Hall–Kier alpha value is -0.440. The normalized spacial score (nSPS) is 22.1. The average Bonchev–Trinajstić information content (AvgIpc) is 2.32. The van der Waals surface area contributed by atoms with E-state index < -0.39 is 36.3 Å². The van der Waals surface area contributed by atoms with Gasteiger partial charge in [-0.05, 0) is 0 Å². The molecule has 80 valence electrons. The molecular formula is C6H11HfNO6. The molecule has 1 heterocycles. The number of ether oxygens (including phenoxy) is 1. The summed E-state index contributed by atoms with van der Waals surface area (Å²) in [7, 11) is 0. The molecular weight excluding hydrogens is 361 g/mol. The maximum absolute atomic E-state index is 10.6. The van der Waals surface area contributed by atoms with E-state index in [1.807, 2.05) is 0 Å². The predicted octanol–water partition coefficient (Wildman–Crippen LogP) is -2.23. The first-order valence-electron chi connectivity index (χ1n) is 3.18. The number of cyclic esters (lactones) is 1. The molecule has 14 heavy (non-hydrogen) atoms. The number of rotatable bonds is 2. The zero-order chi connectivity index (χ0) is 9.30. The molecule has 0 unspecified atom stereocenters. The van der Waals surface area contributed by atoms with Crippen LogP contribution in [0.5, 0.6) is 0 Å². The molecule has 0 fully saturated rings. The maximum Gasteiger partial charge on any atom is 0.327 e. The quantitative estimate of drug-likeness (QED) is 0.319. The molecule has 1 aliphatic rings. The fourth-order valence-electron chi connectivity index (χ4n) is 0.815. The van der Waals surface area contributed by atoms with Crippen LogP contribution in [0.4, 0.5) is 0 Å². The Kier molecular flexibility index (Phi) is 7.00. The van der Waals surface area contributed by atoms with Crippen LogP contribution in [0.15, 0.2) is 11.5 Å². The first kappa shape index (κ1) is 16.0. The monoisotopic (exact) mass is 373 g/mol. The molecule has 0 aromatic rings. The largest absolute Gasteiger partial charge is 0.865 e. The van der Waals surface area contributed by atoms with E-state index in [9.17, 15) is 9.90 Å². The van der Waals surface area contributed by atoms with Gasteiger partial charge in [0.15, 0.2) is 6.10 Å². The van der Waals surface area contributed by atoms with E-state index in [1.54, 1.807) is 0 Å². The van der Waals surface area contributed by atoms with Gasteiger partial charge in [-0.1, -0.05) is 0 Å². The van der Waals surface area contributed by atoms with Gasteiger partial charge in [0.25, 0.3) is 0 Å². The topological polar surface area (TPSA) is 147 Å². The molecule has 0 aromatic carbocycles. The smallest absolute Gasteiger partial charge is 0.327 e. The van der Waals surface area contributed by atoms with Gasteiger partial charge in [-0.2, -0.15) is 0 Å². The summed E-state index contributed by atoms with van der Waals surface area (Å²) >= 11 is 0. The van der Waals surface area contributed by atoms with Crippen molar-refractivity contribution in [2.24, 2.45) is 0 Å². The predicted molar refractivity (Wildman–Crippen MR) is 38.6 cm³/mol. The minimum absolute atomic E-state index is 0. The van der Waals surface area contributed by atoms with Crippen molar-refractivity contribution in [1.82, 2.24) is 6.15 Å². The number of aliphatic hydroxyl groups excluding tert-OH is 3. The van der Waals surface area contributed by atoms with E-state index in [0.717, 1.165) is 0 Å². The third-order valence-electron chi connectivity index (χ3n) is 1.46. The van der Waals surface area contributed by atoms with Gasteiger partial charge in [-0.15, -0.1) is 0 Å². The first-order valence-corrected chi connectivity index (χ1v) is 3.18. The summed E-state index contributed by atoms with van der Waals surface area (Å²) in [5.41, 5.74) is 0. The summed E-state index contributed by atoms with van der Waals surface area (Å²) in [5.74, 6) is -3.25. The van der Waals surface area contributed by atoms with E-state index in [4.69, 9.17) is 15.3 Å². The standard InChI is InChI=1S/C6H8O6.Hf.H3N/c7-1-2(8)5-3(9)4(10)6(11)12-5;;/h2,5,7-10H,1H2;;1H3/t2-,5+;;/m0../s1. The van der Waals surface area contributed by atoms with Gasteiger partial charge in [0.05, 0.1) is 6.61 Å². The maximum atomic E-state index is 10.6. The molecule has 0 aliphatic carbocycles. The molecule has 0 amide bonds. The number of carbonyl (C=O) groups excluding carboxylic acids is 1. The van der Waals surface area contributed by atoms with Crippen molar-refractivity contribution in [2.45, 2.75) is 12.2 Å². The van der Waals surface area contributed by atoms with Crippen LogP contribution in [0.25, 0.3) is 0 Å². The number of carbonyl (C=O) groups is 1. The molecule has 0 aromatic heterocycles. The summed E-state index contributed by atoms with van der Waals surface area (Å²) < 4.78 is 4.25. The molecule has 1 rings (SSSR count). The third kappa shape index (κ3) is 2.77. The van der Waals surface area contributed by atoms with Gasteiger partial charge in [0.2, 0.25) is 0 Å². The van der Waals surface area contributed by atoms with E-state index >= 15 is 0 Å². The fraction of sp³-hybridized carbons (Fsp3) is 0.500. The van der Waals surface area contributed by atoms with Crippen LogP contribution in [0.3, 0.4) is 0 Å². The molecule has 0 spiro atoms. The SMILES string of the molecule is O=C1O[C@H]([C@@H](O)CO)C(O)=C1[O-].[Hf].[NH4+]. The van der Waals surface area contributed by atoms with Crippen LogP contribution in [0, 0.1) is 0 Å². The third-order valence-corrected chi connectivity index (χ3v) is 1.46. The molecule has 0 bridgehead atoms. The molecule has 8 heteroatoms. The second kappa shape index (κ2) is 6.12. The van der Waals surface area contributed by atoms with Gasteiger partial charge >= 0.3 is 5.97 Å². The minimum Gasteiger partial charge on any atom is -0.865 e. The second-order valence-corrected chi connectivity index (χ2v) is 2.29. The summed E-state index contributed by atoms with van der Waals surface area (Å²) in [6.07, 6.45) is -2.88. The van der Waals surface area contributed by atoms with Gasteiger partial charge < -0.3 is 31.3 Å². The molecule has 0 radical (unpaired) electrons. The van der Waals surface area contributed by atoms with Crippen LogP contribution < -0.4 is 11.3 Å². The van der Waals surface area contributed by atoms with Crippen LogP contribution in [-0.2, 0) is 35.4 Å². The minimum atomic E-state index is -1.46. The van der Waals surface area contributed by atoms with Crippen molar-refractivity contribution < 1.29 is 55.8 Å². The van der Waals surface area contributed by atoms with Crippen molar-refractivity contribution in [3.05, 3.63) is 11.5 Å². The summed E-state index contributed by atoms with van der Waals surface area (Å²) in [6.45, 7) is -0.699. The molecule has 7 N–H and O–H groups in total. The zero-order valence-electron chi connectivity index (χ0n) is 7.43. The Labute approximate surface area is 98.4 Å². The van der Waals surface area contributed by atoms with Crippen molar-refractivity contribution in [2.75, 3.05) is 6.61 Å². The van der Waals surface area contributed by atoms with E-state index in [0.29, 0.717) is 0 Å².